The number of nitrogens with one attached hydrogen (secondary N) is 1. The van der Waals surface area contributed by atoms with Crippen molar-refractivity contribution in [3.63, 3.8) is 0 Å². The van der Waals surface area contributed by atoms with Gasteiger partial charge < -0.3 is 9.47 Å². The molecule has 0 radical (unpaired) electrons. The minimum atomic E-state index is -0.778. The Kier molecular flexibility index (Phi) is 5.79. The lowest BCUT2D eigenvalue weighted by Gasteiger charge is -2.09. The first-order chi connectivity index (χ1) is 13.1. The Labute approximate surface area is 155 Å². The summed E-state index contributed by atoms with van der Waals surface area (Å²) in [5, 5.41) is 2.42. The van der Waals surface area contributed by atoms with Crippen LogP contribution in [0.25, 0.3) is 0 Å². The van der Waals surface area contributed by atoms with E-state index in [1.807, 2.05) is 30.3 Å². The average molecular weight is 365 g/mol. The van der Waals surface area contributed by atoms with Crippen molar-refractivity contribution in [3.05, 3.63) is 95.8 Å². The highest BCUT2D eigenvalue weighted by atomic mass is 19.1. The van der Waals surface area contributed by atoms with Gasteiger partial charge in [0.2, 0.25) is 0 Å². The maximum absolute atomic E-state index is 14.2. The number of carbonyl (C=O) groups excluding carboxylic acids is 2. The molecule has 0 bridgehead atoms. The van der Waals surface area contributed by atoms with Crippen LogP contribution in [0.3, 0.4) is 0 Å². The number of rotatable bonds is 5. The highest BCUT2D eigenvalue weighted by Gasteiger charge is 2.13. The Balaban J connectivity index is 1.57. The van der Waals surface area contributed by atoms with E-state index in [0.717, 1.165) is 11.6 Å². The van der Waals surface area contributed by atoms with E-state index in [1.165, 1.54) is 12.1 Å². The predicted molar refractivity (Wildman–Crippen MR) is 98.1 cm³/mol. The van der Waals surface area contributed by atoms with Crippen LogP contribution in [0.1, 0.15) is 15.9 Å². The molecule has 0 heterocycles. The highest BCUT2D eigenvalue weighted by molar-refractivity contribution is 5.91. The lowest BCUT2D eigenvalue weighted by molar-refractivity contribution is 0.0727. The second kappa shape index (κ2) is 8.62. The third-order valence-electron chi connectivity index (χ3n) is 3.60. The van der Waals surface area contributed by atoms with Crippen molar-refractivity contribution < 1.29 is 23.5 Å². The SMILES string of the molecule is O=C(Nc1ccc(OC(=O)c2ccccc2)c(F)c1)OCc1ccccc1. The molecule has 1 N–H and O–H groups in total. The van der Waals surface area contributed by atoms with Crippen LogP contribution in [0.5, 0.6) is 5.75 Å². The third kappa shape index (κ3) is 5.15. The van der Waals surface area contributed by atoms with Crippen molar-refractivity contribution in [1.82, 2.24) is 0 Å². The maximum Gasteiger partial charge on any atom is 0.411 e. The van der Waals surface area contributed by atoms with E-state index in [2.05, 4.69) is 5.32 Å². The first-order valence-electron chi connectivity index (χ1n) is 8.16. The van der Waals surface area contributed by atoms with Crippen molar-refractivity contribution in [2.75, 3.05) is 5.32 Å². The minimum Gasteiger partial charge on any atom is -0.444 e. The molecule has 0 saturated carbocycles. The quantitative estimate of drug-likeness (QED) is 0.521. The van der Waals surface area contributed by atoms with Crippen LogP contribution < -0.4 is 10.1 Å². The largest absolute Gasteiger partial charge is 0.444 e. The van der Waals surface area contributed by atoms with Gasteiger partial charge in [0.15, 0.2) is 11.6 Å². The maximum atomic E-state index is 14.2. The molecule has 0 aliphatic rings. The van der Waals surface area contributed by atoms with E-state index in [-0.39, 0.29) is 18.0 Å². The zero-order valence-electron chi connectivity index (χ0n) is 14.2. The molecule has 0 spiro atoms. The fourth-order valence-corrected chi connectivity index (χ4v) is 2.27. The van der Waals surface area contributed by atoms with Gasteiger partial charge in [-0.2, -0.15) is 0 Å². The number of hydrogen-bond acceptors (Lipinski definition) is 4. The molecule has 0 unspecified atom stereocenters. The van der Waals surface area contributed by atoms with E-state index in [1.54, 1.807) is 30.3 Å². The van der Waals surface area contributed by atoms with Crippen molar-refractivity contribution in [1.29, 1.82) is 0 Å². The van der Waals surface area contributed by atoms with E-state index in [4.69, 9.17) is 9.47 Å². The lowest BCUT2D eigenvalue weighted by Crippen LogP contribution is -2.14. The summed E-state index contributed by atoms with van der Waals surface area (Å²) < 4.78 is 24.3. The Bertz CT molecular complexity index is 929. The zero-order valence-corrected chi connectivity index (χ0v) is 14.2. The molecule has 0 aromatic heterocycles. The van der Waals surface area contributed by atoms with Crippen LogP contribution in [-0.4, -0.2) is 12.1 Å². The van der Waals surface area contributed by atoms with Crippen molar-refractivity contribution in [3.8, 4) is 5.75 Å². The Morgan fingerprint density at radius 1 is 0.889 bits per heavy atom. The molecule has 0 atom stereocenters. The number of halogens is 1. The molecule has 0 saturated heterocycles. The molecule has 0 aliphatic heterocycles. The predicted octanol–water partition coefficient (Wildman–Crippen LogP) is 4.79. The van der Waals surface area contributed by atoms with Gasteiger partial charge in [0, 0.05) is 11.8 Å². The second-order valence-electron chi connectivity index (χ2n) is 5.59. The molecular weight excluding hydrogens is 349 g/mol. The number of carbonyl (C=O) groups is 2. The first-order valence-corrected chi connectivity index (χ1v) is 8.16. The summed E-state index contributed by atoms with van der Waals surface area (Å²) in [7, 11) is 0. The molecule has 5 nitrogen and oxygen atoms in total. The van der Waals surface area contributed by atoms with Crippen LogP contribution >= 0.6 is 0 Å². The van der Waals surface area contributed by atoms with Crippen LogP contribution in [0.4, 0.5) is 14.9 Å². The fourth-order valence-electron chi connectivity index (χ4n) is 2.27. The number of hydrogen-bond donors (Lipinski definition) is 1. The molecule has 3 rings (SSSR count). The highest BCUT2D eigenvalue weighted by Crippen LogP contribution is 2.22. The topological polar surface area (TPSA) is 64.6 Å². The number of benzene rings is 3. The average Bonchev–Trinajstić information content (AvgIpc) is 2.70. The summed E-state index contributed by atoms with van der Waals surface area (Å²) in [5.41, 5.74) is 1.33. The van der Waals surface area contributed by atoms with Gasteiger partial charge in [-0.05, 0) is 29.8 Å². The number of amides is 1. The van der Waals surface area contributed by atoms with Crippen LogP contribution in [0.15, 0.2) is 78.9 Å². The zero-order chi connectivity index (χ0) is 19.1. The molecule has 3 aromatic carbocycles. The van der Waals surface area contributed by atoms with Gasteiger partial charge >= 0.3 is 12.1 Å². The summed E-state index contributed by atoms with van der Waals surface area (Å²) in [4.78, 5) is 23.8. The van der Waals surface area contributed by atoms with Gasteiger partial charge in [0.1, 0.15) is 6.61 Å². The van der Waals surface area contributed by atoms with Crippen molar-refractivity contribution >= 4 is 17.7 Å². The summed E-state index contributed by atoms with van der Waals surface area (Å²) in [6.45, 7) is 0.0991. The summed E-state index contributed by atoms with van der Waals surface area (Å²) in [6, 6.07) is 21.2. The minimum absolute atomic E-state index is 0.0991. The van der Waals surface area contributed by atoms with E-state index >= 15 is 0 Å². The monoisotopic (exact) mass is 365 g/mol. The summed E-state index contributed by atoms with van der Waals surface area (Å²) in [6.07, 6.45) is -0.715. The second-order valence-corrected chi connectivity index (χ2v) is 5.59. The van der Waals surface area contributed by atoms with E-state index in [9.17, 15) is 14.0 Å². The number of ether oxygens (including phenoxy) is 2. The number of anilines is 1. The molecule has 136 valence electrons. The Morgan fingerprint density at radius 3 is 2.22 bits per heavy atom. The van der Waals surface area contributed by atoms with E-state index < -0.39 is 17.9 Å². The third-order valence-corrected chi connectivity index (χ3v) is 3.60. The van der Waals surface area contributed by atoms with Crippen LogP contribution in [-0.2, 0) is 11.3 Å². The normalized spacial score (nSPS) is 10.1. The molecule has 1 amide bonds. The Hall–Kier alpha value is -3.67. The van der Waals surface area contributed by atoms with Crippen molar-refractivity contribution in [2.45, 2.75) is 6.61 Å². The first kappa shape index (κ1) is 18.1. The molecule has 27 heavy (non-hydrogen) atoms. The van der Waals surface area contributed by atoms with Gasteiger partial charge in [0.05, 0.1) is 5.56 Å². The fraction of sp³-hybridized carbons (Fsp3) is 0.0476. The van der Waals surface area contributed by atoms with Gasteiger partial charge in [-0.1, -0.05) is 48.5 Å². The van der Waals surface area contributed by atoms with Gasteiger partial charge in [-0.25, -0.2) is 14.0 Å². The summed E-state index contributed by atoms with van der Waals surface area (Å²) in [5.74, 6) is -1.68. The molecule has 0 aliphatic carbocycles. The molecular formula is C21H16FNO4. The summed E-state index contributed by atoms with van der Waals surface area (Å²) >= 11 is 0. The van der Waals surface area contributed by atoms with Gasteiger partial charge in [-0.15, -0.1) is 0 Å². The van der Waals surface area contributed by atoms with Crippen molar-refractivity contribution in [2.24, 2.45) is 0 Å². The standard InChI is InChI=1S/C21H16FNO4/c22-18-13-17(23-21(25)26-14-15-7-3-1-4-8-15)11-12-19(18)27-20(24)16-9-5-2-6-10-16/h1-13H,14H2,(H,23,25). The van der Waals surface area contributed by atoms with E-state index in [0.29, 0.717) is 5.56 Å². The molecule has 6 heteroatoms. The lowest BCUT2D eigenvalue weighted by atomic mass is 10.2. The van der Waals surface area contributed by atoms with Gasteiger partial charge in [-0.3, -0.25) is 5.32 Å². The van der Waals surface area contributed by atoms with Gasteiger partial charge in [0.25, 0.3) is 0 Å². The van der Waals surface area contributed by atoms with Crippen LogP contribution in [0, 0.1) is 5.82 Å². The molecule has 0 fully saturated rings. The Morgan fingerprint density at radius 2 is 1.56 bits per heavy atom. The smallest absolute Gasteiger partial charge is 0.411 e. The molecule has 3 aromatic rings. The van der Waals surface area contributed by atoms with Crippen LogP contribution in [0.2, 0.25) is 0 Å². The number of esters is 1.